The Labute approximate surface area is 165 Å². The van der Waals surface area contributed by atoms with E-state index in [-0.39, 0.29) is 11.9 Å². The smallest absolute Gasteiger partial charge is 0.221 e. The molecule has 0 fully saturated rings. The lowest BCUT2D eigenvalue weighted by molar-refractivity contribution is -0.121. The zero-order valence-electron chi connectivity index (χ0n) is 16.4. The minimum absolute atomic E-state index is 0.0466. The first-order chi connectivity index (χ1) is 13.6. The number of benzene rings is 2. The summed E-state index contributed by atoms with van der Waals surface area (Å²) in [5.74, 6) is 2.29. The van der Waals surface area contributed by atoms with E-state index in [1.807, 2.05) is 66.3 Å². The minimum Gasteiger partial charge on any atom is -0.497 e. The Kier molecular flexibility index (Phi) is 6.32. The highest BCUT2D eigenvalue weighted by Crippen LogP contribution is 2.24. The molecular weight excluding hydrogens is 354 g/mol. The molecule has 1 heterocycles. The maximum atomic E-state index is 12.7. The number of ether oxygens (including phenoxy) is 2. The van der Waals surface area contributed by atoms with Crippen LogP contribution in [0.5, 0.6) is 11.5 Å². The van der Waals surface area contributed by atoms with Crippen molar-refractivity contribution in [2.45, 2.75) is 18.9 Å². The summed E-state index contributed by atoms with van der Waals surface area (Å²) >= 11 is 0. The van der Waals surface area contributed by atoms with Gasteiger partial charge in [0, 0.05) is 25.9 Å². The van der Waals surface area contributed by atoms with Crippen LogP contribution in [0, 0.1) is 0 Å². The topological polar surface area (TPSA) is 65.4 Å². The highest BCUT2D eigenvalue weighted by atomic mass is 16.5. The van der Waals surface area contributed by atoms with Crippen LogP contribution in [0.4, 0.5) is 0 Å². The summed E-state index contributed by atoms with van der Waals surface area (Å²) in [5, 5.41) is 3.12. The van der Waals surface area contributed by atoms with Gasteiger partial charge in [-0.3, -0.25) is 4.79 Å². The molecule has 2 aromatic carbocycles. The first-order valence-corrected chi connectivity index (χ1v) is 9.14. The number of para-hydroxylation sites is 1. The van der Waals surface area contributed by atoms with Crippen LogP contribution in [-0.4, -0.2) is 29.7 Å². The van der Waals surface area contributed by atoms with Gasteiger partial charge in [0.05, 0.1) is 14.2 Å². The Bertz CT molecular complexity index is 919. The number of amides is 1. The predicted octanol–water partition coefficient (Wildman–Crippen LogP) is 3.28. The summed E-state index contributed by atoms with van der Waals surface area (Å²) in [5.41, 5.74) is 1.96. The standard InChI is InChI=1S/C22H25N3O3/c1-25-15-14-23-22(25)21(17-8-11-18(27-2)12-9-17)24-20(26)13-10-16-6-4-5-7-19(16)28-3/h4-9,11-12,14-15,21H,10,13H2,1-3H3,(H,24,26). The van der Waals surface area contributed by atoms with E-state index < -0.39 is 0 Å². The van der Waals surface area contributed by atoms with Gasteiger partial charge in [-0.2, -0.15) is 0 Å². The van der Waals surface area contributed by atoms with Crippen molar-refractivity contribution in [1.29, 1.82) is 0 Å². The molecule has 1 unspecified atom stereocenters. The lowest BCUT2D eigenvalue weighted by atomic mass is 10.0. The van der Waals surface area contributed by atoms with E-state index >= 15 is 0 Å². The summed E-state index contributed by atoms with van der Waals surface area (Å²) < 4.78 is 12.5. The van der Waals surface area contributed by atoms with Crippen molar-refractivity contribution in [3.63, 3.8) is 0 Å². The fourth-order valence-electron chi connectivity index (χ4n) is 3.14. The van der Waals surface area contributed by atoms with Crippen LogP contribution in [0.1, 0.15) is 29.4 Å². The normalized spacial score (nSPS) is 11.7. The lowest BCUT2D eigenvalue weighted by Gasteiger charge is -2.19. The van der Waals surface area contributed by atoms with E-state index in [0.717, 1.165) is 28.5 Å². The van der Waals surface area contributed by atoms with Gasteiger partial charge in [-0.05, 0) is 35.7 Å². The van der Waals surface area contributed by atoms with Crippen molar-refractivity contribution in [1.82, 2.24) is 14.9 Å². The molecule has 1 N–H and O–H groups in total. The fourth-order valence-corrected chi connectivity index (χ4v) is 3.14. The molecule has 0 spiro atoms. The maximum absolute atomic E-state index is 12.7. The summed E-state index contributed by atoms with van der Waals surface area (Å²) in [7, 11) is 5.18. The number of nitrogens with zero attached hydrogens (tertiary/aromatic N) is 2. The molecule has 1 aromatic heterocycles. The highest BCUT2D eigenvalue weighted by Gasteiger charge is 2.21. The second kappa shape index (κ2) is 9.08. The summed E-state index contributed by atoms with van der Waals surface area (Å²) in [4.78, 5) is 17.1. The Balaban J connectivity index is 1.75. The van der Waals surface area contributed by atoms with Gasteiger partial charge in [-0.25, -0.2) is 4.98 Å². The van der Waals surface area contributed by atoms with Crippen LogP contribution in [-0.2, 0) is 18.3 Å². The average Bonchev–Trinajstić information content (AvgIpc) is 3.16. The Morgan fingerprint density at radius 2 is 1.86 bits per heavy atom. The number of carbonyl (C=O) groups is 1. The molecular formula is C22H25N3O3. The van der Waals surface area contributed by atoms with Crippen molar-refractivity contribution >= 4 is 5.91 Å². The third-order valence-corrected chi connectivity index (χ3v) is 4.69. The quantitative estimate of drug-likeness (QED) is 0.652. The van der Waals surface area contributed by atoms with Crippen molar-refractivity contribution < 1.29 is 14.3 Å². The third kappa shape index (κ3) is 4.52. The molecule has 6 heteroatoms. The van der Waals surface area contributed by atoms with E-state index in [1.165, 1.54) is 0 Å². The van der Waals surface area contributed by atoms with Crippen molar-refractivity contribution in [2.24, 2.45) is 7.05 Å². The third-order valence-electron chi connectivity index (χ3n) is 4.69. The Hall–Kier alpha value is -3.28. The van der Waals surface area contributed by atoms with Crippen LogP contribution in [0.25, 0.3) is 0 Å². The zero-order chi connectivity index (χ0) is 19.9. The van der Waals surface area contributed by atoms with Crippen molar-refractivity contribution in [2.75, 3.05) is 14.2 Å². The Morgan fingerprint density at radius 1 is 1.11 bits per heavy atom. The van der Waals surface area contributed by atoms with Gasteiger partial charge in [0.25, 0.3) is 0 Å². The van der Waals surface area contributed by atoms with E-state index in [9.17, 15) is 4.79 Å². The molecule has 0 saturated carbocycles. The van der Waals surface area contributed by atoms with E-state index in [0.29, 0.717) is 12.8 Å². The van der Waals surface area contributed by atoms with Gasteiger partial charge >= 0.3 is 0 Å². The van der Waals surface area contributed by atoms with Gasteiger partial charge in [0.15, 0.2) is 0 Å². The summed E-state index contributed by atoms with van der Waals surface area (Å²) in [6.07, 6.45) is 4.56. The van der Waals surface area contributed by atoms with Gasteiger partial charge < -0.3 is 19.4 Å². The highest BCUT2D eigenvalue weighted by molar-refractivity contribution is 5.77. The summed E-state index contributed by atoms with van der Waals surface area (Å²) in [6.45, 7) is 0. The molecule has 28 heavy (non-hydrogen) atoms. The molecule has 0 bridgehead atoms. The first kappa shape index (κ1) is 19.5. The van der Waals surface area contributed by atoms with Crippen molar-refractivity contribution in [3.8, 4) is 11.5 Å². The SMILES string of the molecule is COc1ccc(C(NC(=O)CCc2ccccc2OC)c2nccn2C)cc1. The number of methoxy groups -OCH3 is 2. The number of imidazole rings is 1. The number of hydrogen-bond donors (Lipinski definition) is 1. The van der Waals surface area contributed by atoms with Gasteiger partial charge in [-0.1, -0.05) is 30.3 Å². The summed E-state index contributed by atoms with van der Waals surface area (Å²) in [6, 6.07) is 15.1. The van der Waals surface area contributed by atoms with E-state index in [1.54, 1.807) is 20.4 Å². The zero-order valence-corrected chi connectivity index (χ0v) is 16.4. The maximum Gasteiger partial charge on any atom is 0.221 e. The molecule has 0 aliphatic rings. The molecule has 0 radical (unpaired) electrons. The number of rotatable bonds is 8. The second-order valence-electron chi connectivity index (χ2n) is 6.48. The average molecular weight is 379 g/mol. The molecule has 0 saturated heterocycles. The lowest BCUT2D eigenvalue weighted by Crippen LogP contribution is -2.31. The molecule has 0 aliphatic heterocycles. The van der Waals surface area contributed by atoms with Crippen LogP contribution >= 0.6 is 0 Å². The predicted molar refractivity (Wildman–Crippen MR) is 108 cm³/mol. The number of aromatic nitrogens is 2. The molecule has 1 atom stereocenters. The first-order valence-electron chi connectivity index (χ1n) is 9.14. The van der Waals surface area contributed by atoms with Crippen LogP contribution in [0.2, 0.25) is 0 Å². The number of hydrogen-bond acceptors (Lipinski definition) is 4. The molecule has 146 valence electrons. The van der Waals surface area contributed by atoms with Crippen LogP contribution in [0.15, 0.2) is 60.9 Å². The number of nitrogens with one attached hydrogen (secondary N) is 1. The fraction of sp³-hybridized carbons (Fsp3) is 0.273. The van der Waals surface area contributed by atoms with Gasteiger partial charge in [0.2, 0.25) is 5.91 Å². The monoisotopic (exact) mass is 379 g/mol. The largest absolute Gasteiger partial charge is 0.497 e. The minimum atomic E-state index is -0.337. The van der Waals surface area contributed by atoms with E-state index in [4.69, 9.17) is 9.47 Å². The second-order valence-corrected chi connectivity index (χ2v) is 6.48. The van der Waals surface area contributed by atoms with E-state index in [2.05, 4.69) is 10.3 Å². The molecule has 1 amide bonds. The number of aryl methyl sites for hydroxylation is 2. The van der Waals surface area contributed by atoms with Crippen LogP contribution < -0.4 is 14.8 Å². The molecule has 0 aliphatic carbocycles. The number of carbonyl (C=O) groups excluding carboxylic acids is 1. The molecule has 6 nitrogen and oxygen atoms in total. The van der Waals surface area contributed by atoms with Gasteiger partial charge in [-0.15, -0.1) is 0 Å². The Morgan fingerprint density at radius 3 is 2.50 bits per heavy atom. The van der Waals surface area contributed by atoms with Crippen molar-refractivity contribution in [3.05, 3.63) is 77.9 Å². The van der Waals surface area contributed by atoms with Gasteiger partial charge in [0.1, 0.15) is 23.4 Å². The molecule has 3 aromatic rings. The molecule has 3 rings (SSSR count). The van der Waals surface area contributed by atoms with Crippen LogP contribution in [0.3, 0.4) is 0 Å².